The SMILES string of the molecule is Cc1csc(-c2ncccc2CO)c1. The van der Waals surface area contributed by atoms with E-state index in [2.05, 4.69) is 23.4 Å². The first-order valence-electron chi connectivity index (χ1n) is 4.41. The van der Waals surface area contributed by atoms with Gasteiger partial charge >= 0.3 is 0 Å². The molecular formula is C11H11NOS. The molecule has 3 heteroatoms. The molecule has 0 radical (unpaired) electrons. The molecule has 0 unspecified atom stereocenters. The second kappa shape index (κ2) is 3.90. The molecule has 0 atom stereocenters. The van der Waals surface area contributed by atoms with Crippen molar-refractivity contribution in [2.45, 2.75) is 13.5 Å². The summed E-state index contributed by atoms with van der Waals surface area (Å²) in [6.07, 6.45) is 1.75. The number of nitrogens with zero attached hydrogens (tertiary/aromatic N) is 1. The van der Waals surface area contributed by atoms with Gasteiger partial charge in [0.05, 0.1) is 17.2 Å². The van der Waals surface area contributed by atoms with E-state index in [9.17, 15) is 0 Å². The number of hydrogen-bond acceptors (Lipinski definition) is 3. The smallest absolute Gasteiger partial charge is 0.0856 e. The highest BCUT2D eigenvalue weighted by atomic mass is 32.1. The lowest BCUT2D eigenvalue weighted by Gasteiger charge is -2.02. The van der Waals surface area contributed by atoms with Crippen molar-refractivity contribution in [3.8, 4) is 10.6 Å². The van der Waals surface area contributed by atoms with Crippen LogP contribution in [0.2, 0.25) is 0 Å². The van der Waals surface area contributed by atoms with Crippen molar-refractivity contribution in [3.05, 3.63) is 40.9 Å². The third kappa shape index (κ3) is 1.69. The average Bonchev–Trinajstić information content (AvgIpc) is 2.65. The number of aliphatic hydroxyl groups excluding tert-OH is 1. The minimum Gasteiger partial charge on any atom is -0.392 e. The maximum atomic E-state index is 9.15. The highest BCUT2D eigenvalue weighted by Crippen LogP contribution is 2.27. The van der Waals surface area contributed by atoms with Gasteiger partial charge in [0.15, 0.2) is 0 Å². The molecule has 2 heterocycles. The maximum absolute atomic E-state index is 9.15. The average molecular weight is 205 g/mol. The van der Waals surface area contributed by atoms with Gasteiger partial charge in [-0.25, -0.2) is 0 Å². The van der Waals surface area contributed by atoms with Crippen LogP contribution < -0.4 is 0 Å². The molecule has 2 rings (SSSR count). The van der Waals surface area contributed by atoms with Gasteiger partial charge in [-0.3, -0.25) is 4.98 Å². The second-order valence-electron chi connectivity index (χ2n) is 3.16. The van der Waals surface area contributed by atoms with Crippen molar-refractivity contribution in [2.75, 3.05) is 0 Å². The lowest BCUT2D eigenvalue weighted by Crippen LogP contribution is -1.90. The van der Waals surface area contributed by atoms with Crippen LogP contribution in [0.25, 0.3) is 10.6 Å². The van der Waals surface area contributed by atoms with Crippen LogP contribution in [0.4, 0.5) is 0 Å². The summed E-state index contributed by atoms with van der Waals surface area (Å²) in [7, 11) is 0. The van der Waals surface area contributed by atoms with Gasteiger partial charge < -0.3 is 5.11 Å². The molecule has 2 aromatic rings. The van der Waals surface area contributed by atoms with E-state index in [-0.39, 0.29) is 6.61 Å². The molecule has 72 valence electrons. The zero-order chi connectivity index (χ0) is 9.97. The Kier molecular flexibility index (Phi) is 2.61. The van der Waals surface area contributed by atoms with E-state index < -0.39 is 0 Å². The summed E-state index contributed by atoms with van der Waals surface area (Å²) in [6.45, 7) is 2.10. The highest BCUT2D eigenvalue weighted by Gasteiger charge is 2.06. The van der Waals surface area contributed by atoms with Gasteiger partial charge in [-0.1, -0.05) is 6.07 Å². The van der Waals surface area contributed by atoms with E-state index in [0.29, 0.717) is 0 Å². The molecule has 0 aliphatic heterocycles. The van der Waals surface area contributed by atoms with Crippen LogP contribution >= 0.6 is 11.3 Å². The van der Waals surface area contributed by atoms with E-state index in [1.165, 1.54) is 5.56 Å². The summed E-state index contributed by atoms with van der Waals surface area (Å²) < 4.78 is 0. The highest BCUT2D eigenvalue weighted by molar-refractivity contribution is 7.13. The Morgan fingerprint density at radius 2 is 2.36 bits per heavy atom. The summed E-state index contributed by atoms with van der Waals surface area (Å²) in [5.74, 6) is 0. The summed E-state index contributed by atoms with van der Waals surface area (Å²) in [5.41, 5.74) is 3.02. The van der Waals surface area contributed by atoms with Crippen molar-refractivity contribution in [1.82, 2.24) is 4.98 Å². The molecule has 0 aromatic carbocycles. The molecule has 0 amide bonds. The third-order valence-electron chi connectivity index (χ3n) is 2.03. The molecule has 0 aliphatic rings. The number of hydrogen-bond donors (Lipinski definition) is 1. The van der Waals surface area contributed by atoms with E-state index >= 15 is 0 Å². The van der Waals surface area contributed by atoms with Crippen LogP contribution in [0.15, 0.2) is 29.8 Å². The maximum Gasteiger partial charge on any atom is 0.0856 e. The van der Waals surface area contributed by atoms with Crippen LogP contribution in [-0.2, 0) is 6.61 Å². The molecule has 2 aromatic heterocycles. The zero-order valence-corrected chi connectivity index (χ0v) is 8.71. The first-order chi connectivity index (χ1) is 6.81. The van der Waals surface area contributed by atoms with Crippen LogP contribution in [0.3, 0.4) is 0 Å². The van der Waals surface area contributed by atoms with Gasteiger partial charge in [-0.15, -0.1) is 11.3 Å². The number of rotatable bonds is 2. The van der Waals surface area contributed by atoms with Gasteiger partial charge in [-0.05, 0) is 30.0 Å². The van der Waals surface area contributed by atoms with Crippen LogP contribution in [0.5, 0.6) is 0 Å². The van der Waals surface area contributed by atoms with Crippen molar-refractivity contribution < 1.29 is 5.11 Å². The Hall–Kier alpha value is -1.19. The Morgan fingerprint density at radius 1 is 1.50 bits per heavy atom. The predicted molar refractivity (Wildman–Crippen MR) is 58.2 cm³/mol. The molecule has 0 spiro atoms. The summed E-state index contributed by atoms with van der Waals surface area (Å²) in [6, 6.07) is 5.83. The van der Waals surface area contributed by atoms with Crippen LogP contribution in [-0.4, -0.2) is 10.1 Å². The first-order valence-corrected chi connectivity index (χ1v) is 5.29. The van der Waals surface area contributed by atoms with E-state index in [0.717, 1.165) is 16.1 Å². The number of aromatic nitrogens is 1. The quantitative estimate of drug-likeness (QED) is 0.817. The third-order valence-corrected chi connectivity index (χ3v) is 3.08. The number of aryl methyl sites for hydroxylation is 1. The topological polar surface area (TPSA) is 33.1 Å². The fraction of sp³-hybridized carbons (Fsp3) is 0.182. The number of thiophene rings is 1. The fourth-order valence-electron chi connectivity index (χ4n) is 1.34. The summed E-state index contributed by atoms with van der Waals surface area (Å²) in [5, 5.41) is 11.2. The molecule has 0 aliphatic carbocycles. The van der Waals surface area contributed by atoms with Crippen molar-refractivity contribution >= 4 is 11.3 Å². The molecule has 0 saturated carbocycles. The zero-order valence-electron chi connectivity index (χ0n) is 7.90. The van der Waals surface area contributed by atoms with Gasteiger partial charge in [0, 0.05) is 11.8 Å². The van der Waals surface area contributed by atoms with Gasteiger partial charge in [-0.2, -0.15) is 0 Å². The van der Waals surface area contributed by atoms with Crippen LogP contribution in [0, 0.1) is 6.92 Å². The number of aliphatic hydroxyl groups is 1. The normalized spacial score (nSPS) is 10.4. The Balaban J connectivity index is 2.50. The second-order valence-corrected chi connectivity index (χ2v) is 4.07. The van der Waals surface area contributed by atoms with Crippen molar-refractivity contribution in [1.29, 1.82) is 0 Å². The van der Waals surface area contributed by atoms with E-state index in [4.69, 9.17) is 5.11 Å². The molecule has 14 heavy (non-hydrogen) atoms. The van der Waals surface area contributed by atoms with Crippen LogP contribution in [0.1, 0.15) is 11.1 Å². The monoisotopic (exact) mass is 205 g/mol. The molecule has 1 N–H and O–H groups in total. The minimum absolute atomic E-state index is 0.0418. The van der Waals surface area contributed by atoms with Crippen molar-refractivity contribution in [3.63, 3.8) is 0 Å². The molecule has 0 saturated heterocycles. The Morgan fingerprint density at radius 3 is 3.00 bits per heavy atom. The molecular weight excluding hydrogens is 194 g/mol. The molecule has 2 nitrogen and oxygen atoms in total. The number of pyridine rings is 1. The Bertz CT molecular complexity index is 436. The lowest BCUT2D eigenvalue weighted by molar-refractivity contribution is 0.282. The van der Waals surface area contributed by atoms with Gasteiger partial charge in [0.1, 0.15) is 0 Å². The van der Waals surface area contributed by atoms with E-state index in [1.54, 1.807) is 17.5 Å². The van der Waals surface area contributed by atoms with E-state index in [1.807, 2.05) is 12.1 Å². The Labute approximate surface area is 86.9 Å². The van der Waals surface area contributed by atoms with Gasteiger partial charge in [0.2, 0.25) is 0 Å². The minimum atomic E-state index is 0.0418. The summed E-state index contributed by atoms with van der Waals surface area (Å²) in [4.78, 5) is 5.40. The lowest BCUT2D eigenvalue weighted by atomic mass is 10.1. The first kappa shape index (κ1) is 9.37. The predicted octanol–water partition coefficient (Wildman–Crippen LogP) is 2.61. The standard InChI is InChI=1S/C11H11NOS/c1-8-5-10(14-7-8)11-9(6-13)3-2-4-12-11/h2-5,7,13H,6H2,1H3. The fourth-order valence-corrected chi connectivity index (χ4v) is 2.27. The van der Waals surface area contributed by atoms with Gasteiger partial charge in [0.25, 0.3) is 0 Å². The molecule has 0 fully saturated rings. The molecule has 0 bridgehead atoms. The summed E-state index contributed by atoms with van der Waals surface area (Å²) >= 11 is 1.66. The van der Waals surface area contributed by atoms with Crippen molar-refractivity contribution in [2.24, 2.45) is 0 Å². The largest absolute Gasteiger partial charge is 0.392 e.